The molecule has 0 aromatic carbocycles. The molecule has 0 spiro atoms. The molecular weight excluding hydrogens is 280 g/mol. The molecule has 120 valence electrons. The number of amides is 3. The lowest BCUT2D eigenvalue weighted by Gasteiger charge is -2.35. The highest BCUT2D eigenvalue weighted by Crippen LogP contribution is 2.27. The van der Waals surface area contributed by atoms with Crippen LogP contribution in [0.4, 0.5) is 4.79 Å². The number of hydrogen-bond acceptors (Lipinski definition) is 3. The minimum atomic E-state index is -0.601. The molecule has 1 saturated heterocycles. The quantitative estimate of drug-likeness (QED) is 0.916. The van der Waals surface area contributed by atoms with Crippen molar-refractivity contribution in [2.24, 2.45) is 11.1 Å². The summed E-state index contributed by atoms with van der Waals surface area (Å²) in [5.41, 5.74) is 6.90. The van der Waals surface area contributed by atoms with Crippen LogP contribution in [0.25, 0.3) is 0 Å². The van der Waals surface area contributed by atoms with Crippen LogP contribution in [0.5, 0.6) is 0 Å². The molecule has 6 nitrogen and oxygen atoms in total. The van der Waals surface area contributed by atoms with Gasteiger partial charge in [0.05, 0.1) is 12.2 Å². The molecule has 1 aromatic heterocycles. The van der Waals surface area contributed by atoms with E-state index in [1.54, 1.807) is 9.80 Å². The number of primary amides is 1. The van der Waals surface area contributed by atoms with Crippen molar-refractivity contribution in [3.05, 3.63) is 29.6 Å². The molecule has 6 heteroatoms. The Balaban J connectivity index is 2.14. The number of nitrogens with zero attached hydrogens (tertiary/aromatic N) is 3. The van der Waals surface area contributed by atoms with Crippen LogP contribution >= 0.6 is 0 Å². The van der Waals surface area contributed by atoms with Gasteiger partial charge in [0.1, 0.15) is 6.04 Å². The van der Waals surface area contributed by atoms with Crippen LogP contribution in [0.1, 0.15) is 32.2 Å². The first-order valence-corrected chi connectivity index (χ1v) is 7.47. The summed E-state index contributed by atoms with van der Waals surface area (Å²) in [6.07, 6.45) is 0. The van der Waals surface area contributed by atoms with Crippen molar-refractivity contribution in [1.82, 2.24) is 14.8 Å². The molecule has 2 heterocycles. The topological polar surface area (TPSA) is 79.5 Å². The van der Waals surface area contributed by atoms with Crippen LogP contribution in [0.2, 0.25) is 0 Å². The predicted octanol–water partition coefficient (Wildman–Crippen LogP) is 1.53. The summed E-state index contributed by atoms with van der Waals surface area (Å²) in [7, 11) is 0. The zero-order valence-electron chi connectivity index (χ0n) is 13.7. The van der Waals surface area contributed by atoms with E-state index in [-0.39, 0.29) is 11.4 Å². The van der Waals surface area contributed by atoms with Gasteiger partial charge in [-0.15, -0.1) is 0 Å². The number of urea groups is 1. The number of carbonyl (C=O) groups excluding carboxylic acids is 2. The summed E-state index contributed by atoms with van der Waals surface area (Å²) in [5, 5.41) is 0. The minimum Gasteiger partial charge on any atom is -0.368 e. The highest BCUT2D eigenvalue weighted by molar-refractivity contribution is 5.87. The van der Waals surface area contributed by atoms with E-state index in [0.29, 0.717) is 19.6 Å². The molecule has 1 fully saturated rings. The van der Waals surface area contributed by atoms with Gasteiger partial charge < -0.3 is 15.5 Å². The van der Waals surface area contributed by atoms with Crippen molar-refractivity contribution in [2.45, 2.75) is 40.3 Å². The van der Waals surface area contributed by atoms with Crippen molar-refractivity contribution in [2.75, 3.05) is 13.1 Å². The molecule has 0 saturated carbocycles. The number of aryl methyl sites for hydroxylation is 1. The molecule has 22 heavy (non-hydrogen) atoms. The van der Waals surface area contributed by atoms with Crippen molar-refractivity contribution in [3.63, 3.8) is 0 Å². The van der Waals surface area contributed by atoms with Crippen molar-refractivity contribution < 1.29 is 9.59 Å². The maximum Gasteiger partial charge on any atom is 0.321 e. The zero-order valence-corrected chi connectivity index (χ0v) is 13.7. The van der Waals surface area contributed by atoms with E-state index in [2.05, 4.69) is 4.98 Å². The van der Waals surface area contributed by atoms with Crippen molar-refractivity contribution in [1.29, 1.82) is 0 Å². The molecule has 1 aliphatic rings. The van der Waals surface area contributed by atoms with Crippen LogP contribution in [0, 0.1) is 12.3 Å². The number of aromatic nitrogens is 1. The van der Waals surface area contributed by atoms with Gasteiger partial charge in [0.25, 0.3) is 0 Å². The molecule has 0 aliphatic carbocycles. The minimum absolute atomic E-state index is 0.151. The first kappa shape index (κ1) is 16.3. The Kier molecular flexibility index (Phi) is 4.39. The summed E-state index contributed by atoms with van der Waals surface area (Å²) in [5.74, 6) is -0.462. The first-order valence-electron chi connectivity index (χ1n) is 7.47. The monoisotopic (exact) mass is 304 g/mol. The third kappa shape index (κ3) is 3.37. The fourth-order valence-electron chi connectivity index (χ4n) is 2.92. The van der Waals surface area contributed by atoms with E-state index < -0.39 is 11.9 Å². The fraction of sp³-hybridized carbons (Fsp3) is 0.562. The lowest BCUT2D eigenvalue weighted by molar-refractivity contribution is -0.125. The summed E-state index contributed by atoms with van der Waals surface area (Å²) in [4.78, 5) is 32.1. The highest BCUT2D eigenvalue weighted by Gasteiger charge is 2.42. The van der Waals surface area contributed by atoms with Crippen molar-refractivity contribution >= 4 is 11.9 Å². The summed E-state index contributed by atoms with van der Waals surface area (Å²) < 4.78 is 0. The maximum atomic E-state index is 12.6. The standard InChI is InChI=1S/C16H24N4O2/c1-11-6-5-7-12(18-11)10-19-8-9-20(15(19)22)13(14(17)21)16(2,3)4/h5-7,13H,8-10H2,1-4H3,(H2,17,21). The van der Waals surface area contributed by atoms with Gasteiger partial charge in [-0.3, -0.25) is 9.78 Å². The van der Waals surface area contributed by atoms with Gasteiger partial charge >= 0.3 is 6.03 Å². The van der Waals surface area contributed by atoms with Gasteiger partial charge in [0.2, 0.25) is 5.91 Å². The summed E-state index contributed by atoms with van der Waals surface area (Å²) in [6, 6.07) is 5.00. The average molecular weight is 304 g/mol. The lowest BCUT2D eigenvalue weighted by atomic mass is 9.85. The number of rotatable bonds is 4. The summed E-state index contributed by atoms with van der Waals surface area (Å²) in [6.45, 7) is 9.21. The Hall–Kier alpha value is -2.11. The van der Waals surface area contributed by atoms with Gasteiger partial charge in [-0.2, -0.15) is 0 Å². The molecule has 1 aromatic rings. The van der Waals surface area contributed by atoms with E-state index in [0.717, 1.165) is 11.4 Å². The molecule has 1 aliphatic heterocycles. The highest BCUT2D eigenvalue weighted by atomic mass is 16.2. The fourth-order valence-corrected chi connectivity index (χ4v) is 2.92. The largest absolute Gasteiger partial charge is 0.368 e. The number of carbonyl (C=O) groups is 2. The number of nitrogens with two attached hydrogens (primary N) is 1. The lowest BCUT2D eigenvalue weighted by Crippen LogP contribution is -2.53. The van der Waals surface area contributed by atoms with E-state index >= 15 is 0 Å². The molecule has 1 atom stereocenters. The molecule has 0 radical (unpaired) electrons. The Morgan fingerprint density at radius 1 is 1.36 bits per heavy atom. The van der Waals surface area contributed by atoms with Gasteiger partial charge in [0, 0.05) is 18.8 Å². The Morgan fingerprint density at radius 2 is 2.05 bits per heavy atom. The second-order valence-corrected chi connectivity index (χ2v) is 6.84. The maximum absolute atomic E-state index is 12.6. The molecule has 1 unspecified atom stereocenters. The van der Waals surface area contributed by atoms with E-state index in [1.165, 1.54) is 0 Å². The third-order valence-electron chi connectivity index (χ3n) is 3.83. The Labute approximate surface area is 131 Å². The molecule has 3 amide bonds. The van der Waals surface area contributed by atoms with Gasteiger partial charge in [-0.25, -0.2) is 4.79 Å². The Bertz CT molecular complexity index is 580. The predicted molar refractivity (Wildman–Crippen MR) is 83.9 cm³/mol. The first-order chi connectivity index (χ1) is 10.2. The number of hydrogen-bond donors (Lipinski definition) is 1. The van der Waals surface area contributed by atoms with E-state index in [1.807, 2.05) is 45.9 Å². The molecule has 2 rings (SSSR count). The van der Waals surface area contributed by atoms with E-state index in [9.17, 15) is 9.59 Å². The summed E-state index contributed by atoms with van der Waals surface area (Å²) >= 11 is 0. The zero-order chi connectivity index (χ0) is 16.5. The van der Waals surface area contributed by atoms with E-state index in [4.69, 9.17) is 5.73 Å². The van der Waals surface area contributed by atoms with Crippen LogP contribution in [0.3, 0.4) is 0 Å². The second-order valence-electron chi connectivity index (χ2n) is 6.84. The molecule has 2 N–H and O–H groups in total. The van der Waals surface area contributed by atoms with Gasteiger partial charge in [0.15, 0.2) is 0 Å². The van der Waals surface area contributed by atoms with Crippen LogP contribution in [-0.2, 0) is 11.3 Å². The molecular formula is C16H24N4O2. The van der Waals surface area contributed by atoms with Crippen LogP contribution in [0.15, 0.2) is 18.2 Å². The van der Waals surface area contributed by atoms with Crippen molar-refractivity contribution in [3.8, 4) is 0 Å². The second kappa shape index (κ2) is 5.94. The Morgan fingerprint density at radius 3 is 2.59 bits per heavy atom. The number of pyridine rings is 1. The van der Waals surface area contributed by atoms with Gasteiger partial charge in [-0.1, -0.05) is 26.8 Å². The van der Waals surface area contributed by atoms with Gasteiger partial charge in [-0.05, 0) is 24.5 Å². The normalized spacial score (nSPS) is 17.0. The molecule has 0 bridgehead atoms. The third-order valence-corrected chi connectivity index (χ3v) is 3.83. The SMILES string of the molecule is Cc1cccc(CN2CCN(C(C(N)=O)C(C)(C)C)C2=O)n1. The smallest absolute Gasteiger partial charge is 0.321 e. The van der Waals surface area contributed by atoms with Crippen LogP contribution in [-0.4, -0.2) is 45.9 Å². The average Bonchev–Trinajstić information content (AvgIpc) is 2.70. The van der Waals surface area contributed by atoms with Crippen LogP contribution < -0.4 is 5.73 Å².